The van der Waals surface area contributed by atoms with Crippen molar-refractivity contribution in [2.24, 2.45) is 5.41 Å². The van der Waals surface area contributed by atoms with E-state index in [0.29, 0.717) is 29.1 Å². The van der Waals surface area contributed by atoms with E-state index in [2.05, 4.69) is 4.98 Å². The summed E-state index contributed by atoms with van der Waals surface area (Å²) in [7, 11) is 2.97. The van der Waals surface area contributed by atoms with Crippen LogP contribution in [0.25, 0.3) is 0 Å². The molecule has 4 atom stereocenters. The van der Waals surface area contributed by atoms with Crippen molar-refractivity contribution in [1.82, 2.24) is 4.98 Å². The first-order valence-corrected chi connectivity index (χ1v) is 11.3. The zero-order chi connectivity index (χ0) is 25.1. The second-order valence-electron chi connectivity index (χ2n) is 9.42. The minimum absolute atomic E-state index is 0.00792. The summed E-state index contributed by atoms with van der Waals surface area (Å²) >= 11 is 0. The van der Waals surface area contributed by atoms with E-state index < -0.39 is 34.3 Å². The van der Waals surface area contributed by atoms with E-state index in [1.54, 1.807) is 0 Å². The molecule has 0 saturated heterocycles. The number of allylic oxidation sites excluding steroid dienone is 3. The van der Waals surface area contributed by atoms with Crippen molar-refractivity contribution in [2.45, 2.75) is 43.1 Å². The molecule has 1 unspecified atom stereocenters. The van der Waals surface area contributed by atoms with Gasteiger partial charge in [0.05, 0.1) is 44.0 Å². The molecular weight excluding hydrogens is 459 g/mol. The topological polar surface area (TPSA) is 60.8 Å². The van der Waals surface area contributed by atoms with Crippen molar-refractivity contribution in [3.63, 3.8) is 0 Å². The Morgan fingerprint density at radius 1 is 1.17 bits per heavy atom. The fourth-order valence-electron chi connectivity index (χ4n) is 6.14. The molecule has 0 radical (unpaired) electrons. The molecule has 8 heteroatoms. The number of benzene rings is 1. The maximum atomic E-state index is 13.5. The molecule has 1 aromatic carbocycles. The lowest BCUT2D eigenvalue weighted by molar-refractivity contribution is -0.141. The molecule has 184 valence electrons. The first-order valence-electron chi connectivity index (χ1n) is 11.3. The van der Waals surface area contributed by atoms with Crippen molar-refractivity contribution in [2.75, 3.05) is 14.2 Å². The van der Waals surface area contributed by atoms with Crippen LogP contribution in [0.2, 0.25) is 0 Å². The number of pyridine rings is 1. The highest BCUT2D eigenvalue weighted by Crippen LogP contribution is 2.72. The van der Waals surface area contributed by atoms with Crippen molar-refractivity contribution < 1.29 is 32.5 Å². The van der Waals surface area contributed by atoms with Gasteiger partial charge >= 0.3 is 6.18 Å². The quantitative estimate of drug-likeness (QED) is 0.573. The predicted molar refractivity (Wildman–Crippen MR) is 123 cm³/mol. The molecule has 1 N–H and O–H groups in total. The lowest BCUT2D eigenvalue weighted by atomic mass is 9.58. The Kier molecular flexibility index (Phi) is 5.29. The summed E-state index contributed by atoms with van der Waals surface area (Å²) in [5.74, 6) is 0.245. The zero-order valence-electron chi connectivity index (χ0n) is 19.6. The molecule has 2 aromatic rings. The van der Waals surface area contributed by atoms with Crippen molar-refractivity contribution in [3.8, 4) is 11.5 Å². The summed E-state index contributed by atoms with van der Waals surface area (Å²) in [5.41, 5.74) is -3.07. The Hall–Kier alpha value is -3.26. The number of aliphatic hydroxyl groups is 1. The highest BCUT2D eigenvalue weighted by molar-refractivity contribution is 5.62. The van der Waals surface area contributed by atoms with E-state index in [1.165, 1.54) is 45.0 Å². The van der Waals surface area contributed by atoms with E-state index in [1.807, 2.05) is 37.3 Å². The second kappa shape index (κ2) is 7.88. The Bertz CT molecular complexity index is 1240. The molecule has 2 aliphatic carbocycles. The molecule has 5 nitrogen and oxygen atoms in total. The highest BCUT2D eigenvalue weighted by atomic mass is 19.4. The van der Waals surface area contributed by atoms with E-state index in [9.17, 15) is 18.3 Å². The normalized spacial score (nSPS) is 32.6. The van der Waals surface area contributed by atoms with Crippen LogP contribution in [0.3, 0.4) is 0 Å². The van der Waals surface area contributed by atoms with Gasteiger partial charge in [0, 0.05) is 16.9 Å². The van der Waals surface area contributed by atoms with Gasteiger partial charge in [-0.3, -0.25) is 4.98 Å². The van der Waals surface area contributed by atoms with E-state index in [-0.39, 0.29) is 6.42 Å². The Morgan fingerprint density at radius 2 is 1.91 bits per heavy atom. The van der Waals surface area contributed by atoms with Crippen LogP contribution in [0.15, 0.2) is 78.4 Å². The summed E-state index contributed by atoms with van der Waals surface area (Å²) in [6.45, 7) is 1.83. The summed E-state index contributed by atoms with van der Waals surface area (Å²) < 4.78 is 58.1. The second-order valence-corrected chi connectivity index (χ2v) is 9.42. The predicted octanol–water partition coefficient (Wildman–Crippen LogP) is 5.58. The third kappa shape index (κ3) is 3.08. The van der Waals surface area contributed by atoms with Crippen LogP contribution in [-0.4, -0.2) is 36.1 Å². The molecular formula is C27H26F3NO4. The van der Waals surface area contributed by atoms with Crippen LogP contribution in [0, 0.1) is 5.41 Å². The number of alkyl halides is 3. The van der Waals surface area contributed by atoms with Gasteiger partial charge in [0.2, 0.25) is 0 Å². The molecule has 1 saturated carbocycles. The molecule has 5 rings (SSSR count). The summed E-state index contributed by atoms with van der Waals surface area (Å²) in [4.78, 5) is 4.21. The number of methoxy groups -OCH3 is 2. The molecule has 1 aliphatic heterocycles. The number of rotatable bonds is 4. The number of nitrogens with zero attached hydrogens (tertiary/aromatic N) is 1. The van der Waals surface area contributed by atoms with Crippen LogP contribution in [0.4, 0.5) is 13.2 Å². The number of fused-ring (bicyclic) bond motifs is 3. The third-order valence-corrected chi connectivity index (χ3v) is 7.66. The zero-order valence-corrected chi connectivity index (χ0v) is 19.6. The fraction of sp³-hybridized carbons (Fsp3) is 0.370. The van der Waals surface area contributed by atoms with Gasteiger partial charge in [-0.15, -0.1) is 0 Å². The van der Waals surface area contributed by atoms with Gasteiger partial charge in [-0.1, -0.05) is 55.5 Å². The summed E-state index contributed by atoms with van der Waals surface area (Å²) in [6, 6.07) is 9.56. The maximum Gasteiger partial charge on any atom is 0.416 e. The van der Waals surface area contributed by atoms with Gasteiger partial charge < -0.3 is 19.3 Å². The van der Waals surface area contributed by atoms with Crippen molar-refractivity contribution in [1.29, 1.82) is 0 Å². The smallest absolute Gasteiger partial charge is 0.416 e. The largest absolute Gasteiger partial charge is 0.504 e. The molecule has 2 heterocycles. The van der Waals surface area contributed by atoms with Crippen molar-refractivity contribution in [3.05, 3.63) is 89.5 Å². The summed E-state index contributed by atoms with van der Waals surface area (Å²) in [5, 5.41) is 12.8. The first kappa shape index (κ1) is 23.5. The lowest BCUT2D eigenvalue weighted by Gasteiger charge is -2.51. The minimum Gasteiger partial charge on any atom is -0.504 e. The van der Waals surface area contributed by atoms with Gasteiger partial charge in [-0.2, -0.15) is 13.2 Å². The third-order valence-electron chi connectivity index (χ3n) is 7.66. The molecule has 0 bridgehead atoms. The average molecular weight is 486 g/mol. The maximum absolute atomic E-state index is 13.5. The summed E-state index contributed by atoms with van der Waals surface area (Å²) in [6.07, 6.45) is 4.21. The van der Waals surface area contributed by atoms with Gasteiger partial charge in [-0.05, 0) is 18.4 Å². The van der Waals surface area contributed by atoms with Gasteiger partial charge in [0.15, 0.2) is 11.2 Å². The standard InChI is InChI=1S/C27H26F3NO4/c1-24(11-9-18(10-12-24)27(28,29)30)26-20(17-7-5-4-6-8-17)13-19(16-33-2)25(26,32)23-21(34-3)14-31-15-22(23)35-26/h4-11,14-16,20,32H,12-13H2,1-3H3/b19-16+/t20-,24?,25+,26+/m0/s1. The number of ether oxygens (including phenoxy) is 3. The molecule has 1 aromatic heterocycles. The Labute approximate surface area is 201 Å². The SMILES string of the molecule is CO/C=C1\C[C@@H](c2ccccc2)[C@]2(C3(C)C=CC(C(F)(F)F)=CC3)Oc3cncc(OC)c3[C@]12O. The van der Waals surface area contributed by atoms with E-state index in [0.717, 1.165) is 11.6 Å². The molecule has 0 amide bonds. The van der Waals surface area contributed by atoms with Crippen LogP contribution in [0.1, 0.15) is 36.8 Å². The van der Waals surface area contributed by atoms with E-state index >= 15 is 0 Å². The van der Waals surface area contributed by atoms with Crippen LogP contribution in [-0.2, 0) is 10.3 Å². The first-order chi connectivity index (χ1) is 16.6. The van der Waals surface area contributed by atoms with Gasteiger partial charge in [0.1, 0.15) is 11.5 Å². The van der Waals surface area contributed by atoms with Crippen LogP contribution in [0.5, 0.6) is 11.5 Å². The molecule has 35 heavy (non-hydrogen) atoms. The van der Waals surface area contributed by atoms with E-state index in [4.69, 9.17) is 14.2 Å². The molecule has 3 aliphatic rings. The van der Waals surface area contributed by atoms with Gasteiger partial charge in [0.25, 0.3) is 0 Å². The Morgan fingerprint density at radius 3 is 2.51 bits per heavy atom. The monoisotopic (exact) mass is 485 g/mol. The number of hydrogen-bond donors (Lipinski definition) is 1. The fourth-order valence-corrected chi connectivity index (χ4v) is 6.14. The molecule has 0 spiro atoms. The van der Waals surface area contributed by atoms with Crippen molar-refractivity contribution >= 4 is 0 Å². The Balaban J connectivity index is 1.80. The average Bonchev–Trinajstić information content (AvgIpc) is 3.26. The highest BCUT2D eigenvalue weighted by Gasteiger charge is 2.76. The number of hydrogen-bond acceptors (Lipinski definition) is 5. The van der Waals surface area contributed by atoms with Crippen LogP contribution >= 0.6 is 0 Å². The van der Waals surface area contributed by atoms with Gasteiger partial charge in [-0.25, -0.2) is 0 Å². The lowest BCUT2D eigenvalue weighted by Crippen LogP contribution is -2.61. The van der Waals surface area contributed by atoms with Crippen LogP contribution < -0.4 is 9.47 Å². The minimum atomic E-state index is -4.46. The molecule has 1 fully saturated rings. The number of aromatic nitrogens is 1. The number of halogens is 3.